The molecule has 116 valence electrons. The molecule has 1 aliphatic heterocycles. The molecule has 1 heterocycles. The molecule has 0 saturated carbocycles. The third-order valence-corrected chi connectivity index (χ3v) is 4.30. The van der Waals surface area contributed by atoms with Gasteiger partial charge in [0.15, 0.2) is 0 Å². The molecule has 22 heavy (non-hydrogen) atoms. The molecule has 1 fully saturated rings. The van der Waals surface area contributed by atoms with Crippen molar-refractivity contribution >= 4 is 5.69 Å². The maximum atomic E-state index is 5.20. The van der Waals surface area contributed by atoms with E-state index < -0.39 is 0 Å². The van der Waals surface area contributed by atoms with E-state index in [1.165, 1.54) is 24.1 Å². The van der Waals surface area contributed by atoms with E-state index in [0.29, 0.717) is 6.04 Å². The number of hydrogen-bond acceptors (Lipinski definition) is 3. The summed E-state index contributed by atoms with van der Waals surface area (Å²) in [7, 11) is 1.70. The molecule has 0 amide bonds. The van der Waals surface area contributed by atoms with Gasteiger partial charge in [-0.3, -0.25) is 4.90 Å². The van der Waals surface area contributed by atoms with Crippen molar-refractivity contribution in [1.29, 1.82) is 0 Å². The molecule has 0 bridgehead atoms. The third-order valence-electron chi connectivity index (χ3n) is 4.30. The predicted octanol–water partition coefficient (Wildman–Crippen LogP) is 3.77. The first-order valence-corrected chi connectivity index (χ1v) is 8.00. The maximum absolute atomic E-state index is 5.20. The molecule has 0 aliphatic carbocycles. The zero-order valence-corrected chi connectivity index (χ0v) is 13.2. The van der Waals surface area contributed by atoms with E-state index in [9.17, 15) is 0 Å². The van der Waals surface area contributed by atoms with Crippen LogP contribution in [0.4, 0.5) is 5.69 Å². The molecule has 3 rings (SSSR count). The minimum absolute atomic E-state index is 0.570. The van der Waals surface area contributed by atoms with Crippen molar-refractivity contribution in [2.45, 2.75) is 25.4 Å². The van der Waals surface area contributed by atoms with Crippen LogP contribution in [0.3, 0.4) is 0 Å². The minimum atomic E-state index is 0.570. The lowest BCUT2D eigenvalue weighted by molar-refractivity contribution is 0.211. The van der Waals surface area contributed by atoms with Gasteiger partial charge in [-0.2, -0.15) is 0 Å². The summed E-state index contributed by atoms with van der Waals surface area (Å²) in [5.41, 5.74) is 2.59. The molecular formula is C19H24N2O. The van der Waals surface area contributed by atoms with Crippen molar-refractivity contribution in [2.24, 2.45) is 0 Å². The second kappa shape index (κ2) is 7.32. The lowest BCUT2D eigenvalue weighted by atomic mass is 10.0. The number of methoxy groups -OCH3 is 1. The van der Waals surface area contributed by atoms with Crippen LogP contribution in [0, 0.1) is 0 Å². The van der Waals surface area contributed by atoms with Crippen LogP contribution in [-0.2, 0) is 6.54 Å². The van der Waals surface area contributed by atoms with E-state index in [1.54, 1.807) is 7.11 Å². The molecule has 0 radical (unpaired) electrons. The van der Waals surface area contributed by atoms with Crippen molar-refractivity contribution in [3.63, 3.8) is 0 Å². The summed E-state index contributed by atoms with van der Waals surface area (Å²) in [6, 6.07) is 19.5. The molecule has 0 spiro atoms. The zero-order chi connectivity index (χ0) is 15.2. The Morgan fingerprint density at radius 2 is 1.68 bits per heavy atom. The Balaban J connectivity index is 1.47. The van der Waals surface area contributed by atoms with Gasteiger partial charge in [-0.1, -0.05) is 30.3 Å². The van der Waals surface area contributed by atoms with Crippen LogP contribution in [0.1, 0.15) is 18.4 Å². The van der Waals surface area contributed by atoms with Gasteiger partial charge in [-0.15, -0.1) is 0 Å². The number of ether oxygens (including phenoxy) is 1. The number of rotatable bonds is 5. The summed E-state index contributed by atoms with van der Waals surface area (Å²) in [5, 5.41) is 3.63. The van der Waals surface area contributed by atoms with E-state index in [1.807, 2.05) is 12.1 Å². The lowest BCUT2D eigenvalue weighted by Crippen LogP contribution is -2.38. The van der Waals surface area contributed by atoms with Gasteiger partial charge >= 0.3 is 0 Å². The fraction of sp³-hybridized carbons (Fsp3) is 0.368. The first kappa shape index (κ1) is 14.9. The number of nitrogens with one attached hydrogen (secondary N) is 1. The second-order valence-electron chi connectivity index (χ2n) is 5.91. The highest BCUT2D eigenvalue weighted by atomic mass is 16.5. The van der Waals surface area contributed by atoms with E-state index in [0.717, 1.165) is 25.4 Å². The van der Waals surface area contributed by atoms with Crippen LogP contribution >= 0.6 is 0 Å². The Kier molecular flexibility index (Phi) is 4.96. The largest absolute Gasteiger partial charge is 0.497 e. The minimum Gasteiger partial charge on any atom is -0.497 e. The average Bonchev–Trinajstić information content (AvgIpc) is 2.58. The van der Waals surface area contributed by atoms with Gasteiger partial charge < -0.3 is 10.1 Å². The number of likely N-dealkylation sites (tertiary alicyclic amines) is 1. The maximum Gasteiger partial charge on any atom is 0.119 e. The highest BCUT2D eigenvalue weighted by Crippen LogP contribution is 2.20. The van der Waals surface area contributed by atoms with E-state index >= 15 is 0 Å². The SMILES string of the molecule is COc1ccc(NC2CCN(Cc3ccccc3)CC2)cc1. The van der Waals surface area contributed by atoms with Crippen molar-refractivity contribution in [1.82, 2.24) is 4.90 Å². The zero-order valence-electron chi connectivity index (χ0n) is 13.2. The summed E-state index contributed by atoms with van der Waals surface area (Å²) in [6.07, 6.45) is 2.39. The molecule has 2 aromatic rings. The van der Waals surface area contributed by atoms with Crippen LogP contribution in [-0.4, -0.2) is 31.1 Å². The van der Waals surface area contributed by atoms with Crippen LogP contribution in [0.15, 0.2) is 54.6 Å². The summed E-state index contributed by atoms with van der Waals surface area (Å²) in [6.45, 7) is 3.38. The Labute approximate surface area is 132 Å². The summed E-state index contributed by atoms with van der Waals surface area (Å²) >= 11 is 0. The molecule has 3 heteroatoms. The normalized spacial score (nSPS) is 16.4. The Morgan fingerprint density at radius 1 is 1.00 bits per heavy atom. The highest BCUT2D eigenvalue weighted by Gasteiger charge is 2.18. The van der Waals surface area contributed by atoms with Gasteiger partial charge in [0.1, 0.15) is 5.75 Å². The predicted molar refractivity (Wildman–Crippen MR) is 91.4 cm³/mol. The summed E-state index contributed by atoms with van der Waals surface area (Å²) < 4.78 is 5.20. The Bertz CT molecular complexity index is 560. The van der Waals surface area contributed by atoms with Crippen LogP contribution in [0.2, 0.25) is 0 Å². The second-order valence-corrected chi connectivity index (χ2v) is 5.91. The molecular weight excluding hydrogens is 272 g/mol. The van der Waals surface area contributed by atoms with Crippen LogP contribution < -0.4 is 10.1 Å². The average molecular weight is 296 g/mol. The topological polar surface area (TPSA) is 24.5 Å². The highest BCUT2D eigenvalue weighted by molar-refractivity contribution is 5.47. The molecule has 1 N–H and O–H groups in total. The van der Waals surface area contributed by atoms with Gasteiger partial charge in [-0.25, -0.2) is 0 Å². The molecule has 3 nitrogen and oxygen atoms in total. The summed E-state index contributed by atoms with van der Waals surface area (Å²) in [4.78, 5) is 2.54. The fourth-order valence-electron chi connectivity index (χ4n) is 3.00. The third kappa shape index (κ3) is 4.01. The van der Waals surface area contributed by atoms with Gasteiger partial charge in [0.25, 0.3) is 0 Å². The molecule has 0 atom stereocenters. The fourth-order valence-corrected chi connectivity index (χ4v) is 3.00. The quantitative estimate of drug-likeness (QED) is 0.909. The first-order chi connectivity index (χ1) is 10.8. The molecule has 1 saturated heterocycles. The smallest absolute Gasteiger partial charge is 0.119 e. The summed E-state index contributed by atoms with van der Waals surface area (Å²) in [5.74, 6) is 0.906. The first-order valence-electron chi connectivity index (χ1n) is 8.00. The number of anilines is 1. The van der Waals surface area contributed by atoms with Crippen molar-refractivity contribution in [3.05, 3.63) is 60.2 Å². The lowest BCUT2D eigenvalue weighted by Gasteiger charge is -2.33. The van der Waals surface area contributed by atoms with E-state index in [4.69, 9.17) is 4.74 Å². The van der Waals surface area contributed by atoms with E-state index in [2.05, 4.69) is 52.7 Å². The Morgan fingerprint density at radius 3 is 2.32 bits per heavy atom. The van der Waals surface area contributed by atoms with Crippen molar-refractivity contribution in [3.8, 4) is 5.75 Å². The number of hydrogen-bond donors (Lipinski definition) is 1. The number of piperidine rings is 1. The molecule has 0 unspecified atom stereocenters. The van der Waals surface area contributed by atoms with Gasteiger partial charge in [0, 0.05) is 31.4 Å². The van der Waals surface area contributed by atoms with Gasteiger partial charge in [0.2, 0.25) is 0 Å². The molecule has 2 aromatic carbocycles. The number of benzene rings is 2. The van der Waals surface area contributed by atoms with Gasteiger partial charge in [-0.05, 0) is 42.7 Å². The van der Waals surface area contributed by atoms with Crippen LogP contribution in [0.5, 0.6) is 5.75 Å². The van der Waals surface area contributed by atoms with Gasteiger partial charge in [0.05, 0.1) is 7.11 Å². The molecule has 0 aromatic heterocycles. The monoisotopic (exact) mass is 296 g/mol. The van der Waals surface area contributed by atoms with E-state index in [-0.39, 0.29) is 0 Å². The number of nitrogens with zero attached hydrogens (tertiary/aromatic N) is 1. The Hall–Kier alpha value is -2.00. The van der Waals surface area contributed by atoms with Crippen molar-refractivity contribution in [2.75, 3.05) is 25.5 Å². The van der Waals surface area contributed by atoms with Crippen molar-refractivity contribution < 1.29 is 4.74 Å². The standard InChI is InChI=1S/C19H24N2O/c1-22-19-9-7-17(8-10-19)20-18-11-13-21(14-12-18)15-16-5-3-2-4-6-16/h2-10,18,20H,11-15H2,1H3. The van der Waals surface area contributed by atoms with Crippen LogP contribution in [0.25, 0.3) is 0 Å². The molecule has 1 aliphatic rings.